The van der Waals surface area contributed by atoms with E-state index in [1.807, 2.05) is 12.1 Å². The van der Waals surface area contributed by atoms with Gasteiger partial charge in [-0.15, -0.1) is 0 Å². The van der Waals surface area contributed by atoms with Crippen LogP contribution in [0.5, 0.6) is 11.5 Å². The first kappa shape index (κ1) is 13.3. The van der Waals surface area contributed by atoms with E-state index in [1.54, 1.807) is 26.3 Å². The zero-order valence-electron chi connectivity index (χ0n) is 9.97. The Bertz CT molecular complexity index is 367. The summed E-state index contributed by atoms with van der Waals surface area (Å²) in [6.45, 7) is 0.338. The standard InChI is InChI=1S/C12H17NO4/c1-13-11(12(14)15)6-7-17-10-5-3-4-9(8-10)16-2/h3-5,8,11,13H,6-7H2,1-2H3,(H,14,15). The summed E-state index contributed by atoms with van der Waals surface area (Å²) in [7, 11) is 3.20. The molecule has 0 amide bonds. The van der Waals surface area contributed by atoms with Crippen molar-refractivity contribution in [1.82, 2.24) is 5.32 Å². The first-order chi connectivity index (χ1) is 8.17. The van der Waals surface area contributed by atoms with Gasteiger partial charge in [-0.2, -0.15) is 0 Å². The van der Waals surface area contributed by atoms with Crippen molar-refractivity contribution in [3.63, 3.8) is 0 Å². The lowest BCUT2D eigenvalue weighted by atomic mass is 10.2. The molecule has 0 aliphatic rings. The van der Waals surface area contributed by atoms with Crippen molar-refractivity contribution < 1.29 is 19.4 Å². The van der Waals surface area contributed by atoms with Crippen LogP contribution in [0.25, 0.3) is 0 Å². The summed E-state index contributed by atoms with van der Waals surface area (Å²) in [5, 5.41) is 11.5. The molecule has 0 radical (unpaired) electrons. The molecule has 1 atom stereocenters. The largest absolute Gasteiger partial charge is 0.497 e. The van der Waals surface area contributed by atoms with Crippen LogP contribution in [0.4, 0.5) is 0 Å². The predicted octanol–water partition coefficient (Wildman–Crippen LogP) is 1.14. The summed E-state index contributed by atoms with van der Waals surface area (Å²) in [5.74, 6) is 0.511. The molecule has 1 aromatic carbocycles. The van der Waals surface area contributed by atoms with Crippen molar-refractivity contribution in [1.29, 1.82) is 0 Å². The van der Waals surface area contributed by atoms with Crippen LogP contribution < -0.4 is 14.8 Å². The van der Waals surface area contributed by atoms with Crippen LogP contribution in [0.1, 0.15) is 6.42 Å². The fourth-order valence-electron chi connectivity index (χ4n) is 1.38. The van der Waals surface area contributed by atoms with Gasteiger partial charge in [0.05, 0.1) is 13.7 Å². The zero-order chi connectivity index (χ0) is 12.7. The maximum atomic E-state index is 10.7. The van der Waals surface area contributed by atoms with Crippen LogP contribution in [-0.4, -0.2) is 37.9 Å². The molecule has 0 spiro atoms. The first-order valence-corrected chi connectivity index (χ1v) is 5.34. The second kappa shape index (κ2) is 6.75. The number of hydrogen-bond donors (Lipinski definition) is 2. The molecular formula is C12H17NO4. The first-order valence-electron chi connectivity index (χ1n) is 5.34. The highest BCUT2D eigenvalue weighted by atomic mass is 16.5. The van der Waals surface area contributed by atoms with Gasteiger partial charge in [0.15, 0.2) is 0 Å². The van der Waals surface area contributed by atoms with E-state index in [0.29, 0.717) is 24.5 Å². The second-order valence-electron chi connectivity index (χ2n) is 3.50. The molecule has 5 nitrogen and oxygen atoms in total. The van der Waals surface area contributed by atoms with Gasteiger partial charge >= 0.3 is 5.97 Å². The predicted molar refractivity (Wildman–Crippen MR) is 63.6 cm³/mol. The average molecular weight is 239 g/mol. The van der Waals surface area contributed by atoms with Gasteiger partial charge in [0.25, 0.3) is 0 Å². The number of carboxylic acid groups (broad SMARTS) is 1. The molecule has 0 aromatic heterocycles. The molecule has 0 saturated carbocycles. The maximum Gasteiger partial charge on any atom is 0.320 e. The van der Waals surface area contributed by atoms with Crippen LogP contribution >= 0.6 is 0 Å². The van der Waals surface area contributed by atoms with Crippen molar-refractivity contribution in [2.75, 3.05) is 20.8 Å². The number of nitrogens with one attached hydrogen (secondary N) is 1. The lowest BCUT2D eigenvalue weighted by Crippen LogP contribution is -2.35. The molecule has 0 bridgehead atoms. The molecule has 5 heteroatoms. The van der Waals surface area contributed by atoms with Crippen LogP contribution in [0.3, 0.4) is 0 Å². The van der Waals surface area contributed by atoms with Crippen LogP contribution in [0, 0.1) is 0 Å². The molecule has 1 aromatic rings. The van der Waals surface area contributed by atoms with Gasteiger partial charge in [0.2, 0.25) is 0 Å². The highest BCUT2D eigenvalue weighted by Gasteiger charge is 2.14. The minimum Gasteiger partial charge on any atom is -0.497 e. The molecule has 94 valence electrons. The quantitative estimate of drug-likeness (QED) is 0.746. The lowest BCUT2D eigenvalue weighted by Gasteiger charge is -2.12. The fourth-order valence-corrected chi connectivity index (χ4v) is 1.38. The van der Waals surface area contributed by atoms with E-state index in [4.69, 9.17) is 14.6 Å². The summed E-state index contributed by atoms with van der Waals surface area (Å²) < 4.78 is 10.5. The number of rotatable bonds is 7. The third-order valence-corrected chi connectivity index (χ3v) is 2.36. The minimum absolute atomic E-state index is 0.338. The summed E-state index contributed by atoms with van der Waals surface area (Å²) in [4.78, 5) is 10.7. The monoisotopic (exact) mass is 239 g/mol. The van der Waals surface area contributed by atoms with Crippen LogP contribution in [-0.2, 0) is 4.79 Å². The highest BCUT2D eigenvalue weighted by molar-refractivity contribution is 5.73. The average Bonchev–Trinajstić information content (AvgIpc) is 2.34. The molecule has 1 rings (SSSR count). The minimum atomic E-state index is -0.873. The Labute approximate surface area is 100 Å². The third-order valence-electron chi connectivity index (χ3n) is 2.36. The number of methoxy groups -OCH3 is 1. The highest BCUT2D eigenvalue weighted by Crippen LogP contribution is 2.18. The van der Waals surface area contributed by atoms with Crippen LogP contribution in [0.2, 0.25) is 0 Å². The van der Waals surface area contributed by atoms with Gasteiger partial charge in [0, 0.05) is 12.5 Å². The van der Waals surface area contributed by atoms with Gasteiger partial charge in [-0.3, -0.25) is 4.79 Å². The summed E-state index contributed by atoms with van der Waals surface area (Å²) in [6.07, 6.45) is 0.406. The SMILES string of the molecule is CNC(CCOc1cccc(OC)c1)C(=O)O. The van der Waals surface area contributed by atoms with Crippen molar-refractivity contribution in [2.24, 2.45) is 0 Å². The molecule has 0 fully saturated rings. The number of benzene rings is 1. The van der Waals surface area contributed by atoms with Crippen molar-refractivity contribution in [2.45, 2.75) is 12.5 Å². The molecule has 17 heavy (non-hydrogen) atoms. The molecule has 2 N–H and O–H groups in total. The normalized spacial score (nSPS) is 11.9. The molecule has 0 aliphatic carbocycles. The van der Waals surface area contributed by atoms with Crippen LogP contribution in [0.15, 0.2) is 24.3 Å². The molecular weight excluding hydrogens is 222 g/mol. The Morgan fingerprint density at radius 2 is 2.18 bits per heavy atom. The Hall–Kier alpha value is -1.75. The Morgan fingerprint density at radius 3 is 2.76 bits per heavy atom. The molecule has 0 aliphatic heterocycles. The van der Waals surface area contributed by atoms with Crippen molar-refractivity contribution >= 4 is 5.97 Å². The maximum absolute atomic E-state index is 10.7. The Morgan fingerprint density at radius 1 is 1.47 bits per heavy atom. The van der Waals surface area contributed by atoms with E-state index < -0.39 is 12.0 Å². The Balaban J connectivity index is 2.42. The Kier molecular flexibility index (Phi) is 5.29. The van der Waals surface area contributed by atoms with Gasteiger partial charge < -0.3 is 19.9 Å². The van der Waals surface area contributed by atoms with Gasteiger partial charge in [-0.1, -0.05) is 6.07 Å². The molecule has 0 heterocycles. The summed E-state index contributed by atoms with van der Waals surface area (Å²) in [6, 6.07) is 6.62. The second-order valence-corrected chi connectivity index (χ2v) is 3.50. The number of aliphatic carboxylic acids is 1. The van der Waals surface area contributed by atoms with E-state index >= 15 is 0 Å². The fraction of sp³-hybridized carbons (Fsp3) is 0.417. The number of carbonyl (C=O) groups is 1. The molecule has 1 unspecified atom stereocenters. The smallest absolute Gasteiger partial charge is 0.320 e. The van der Waals surface area contributed by atoms with E-state index in [9.17, 15) is 4.79 Å². The molecule has 0 saturated heterocycles. The van der Waals surface area contributed by atoms with Crippen molar-refractivity contribution in [3.8, 4) is 11.5 Å². The third kappa shape index (κ3) is 4.32. The van der Waals surface area contributed by atoms with E-state index in [1.165, 1.54) is 0 Å². The van der Waals surface area contributed by atoms with E-state index in [-0.39, 0.29) is 0 Å². The van der Waals surface area contributed by atoms with E-state index in [2.05, 4.69) is 5.32 Å². The summed E-state index contributed by atoms with van der Waals surface area (Å²) in [5.41, 5.74) is 0. The lowest BCUT2D eigenvalue weighted by molar-refractivity contribution is -0.139. The van der Waals surface area contributed by atoms with Crippen molar-refractivity contribution in [3.05, 3.63) is 24.3 Å². The summed E-state index contributed by atoms with van der Waals surface area (Å²) >= 11 is 0. The van der Waals surface area contributed by atoms with Gasteiger partial charge in [0.1, 0.15) is 17.5 Å². The zero-order valence-corrected chi connectivity index (χ0v) is 9.97. The number of likely N-dealkylation sites (N-methyl/N-ethyl adjacent to an activating group) is 1. The number of ether oxygens (including phenoxy) is 2. The van der Waals surface area contributed by atoms with Gasteiger partial charge in [-0.25, -0.2) is 0 Å². The van der Waals surface area contributed by atoms with E-state index in [0.717, 1.165) is 0 Å². The number of carboxylic acids is 1. The number of hydrogen-bond acceptors (Lipinski definition) is 4. The topological polar surface area (TPSA) is 67.8 Å². The van der Waals surface area contributed by atoms with Gasteiger partial charge in [-0.05, 0) is 19.2 Å².